The van der Waals surface area contributed by atoms with E-state index in [0.717, 1.165) is 16.7 Å². The summed E-state index contributed by atoms with van der Waals surface area (Å²) in [7, 11) is 0. The summed E-state index contributed by atoms with van der Waals surface area (Å²) in [6, 6.07) is 20.4. The average Bonchev–Trinajstić information content (AvgIpc) is 2.91. The number of aromatic hydroxyl groups is 2. The van der Waals surface area contributed by atoms with E-state index in [1.54, 1.807) is 60.7 Å². The van der Waals surface area contributed by atoms with Crippen LogP contribution in [0.15, 0.2) is 72.8 Å². The third-order valence-electron chi connectivity index (χ3n) is 4.32. The van der Waals surface area contributed by atoms with Gasteiger partial charge in [-0.3, -0.25) is 0 Å². The first-order valence-electron chi connectivity index (χ1n) is 7.53. The Hall–Kier alpha value is -2.27. The quantitative estimate of drug-likeness (QED) is 0.555. The van der Waals surface area contributed by atoms with Gasteiger partial charge in [0.15, 0.2) is 5.60 Å². The third-order valence-corrected chi connectivity index (χ3v) is 4.32. The van der Waals surface area contributed by atoms with Gasteiger partial charge in [-0.25, -0.2) is 4.79 Å². The molecule has 0 atom stereocenters. The van der Waals surface area contributed by atoms with E-state index >= 15 is 0 Å². The minimum absolute atomic E-state index is 0. The van der Waals surface area contributed by atoms with Crippen molar-refractivity contribution in [3.8, 4) is 11.5 Å². The van der Waals surface area contributed by atoms with E-state index in [9.17, 15) is 15.0 Å². The average molecular weight is 342 g/mol. The molecule has 5 heteroatoms. The number of carbonyl (C=O) groups is 1. The predicted octanol–water partition coefficient (Wildman–Crippen LogP) is 2.91. The Balaban J connectivity index is 0.00000182. The maximum atomic E-state index is 12.4. The number of ether oxygens (including phenoxy) is 1. The topological polar surface area (TPSA) is 66.8 Å². The van der Waals surface area contributed by atoms with Crippen LogP contribution >= 0.6 is 0 Å². The zero-order valence-electron chi connectivity index (χ0n) is 12.6. The van der Waals surface area contributed by atoms with Gasteiger partial charge in [-0.1, -0.05) is 42.5 Å². The number of hydrogen-bond donors (Lipinski definition) is 2. The molecule has 25 heavy (non-hydrogen) atoms. The number of phenolic OH excluding ortho intramolecular Hbond substituents is 2. The number of carbonyl (C=O) groups excluding carboxylic acids is 1. The molecule has 0 amide bonds. The van der Waals surface area contributed by atoms with Crippen molar-refractivity contribution in [2.75, 3.05) is 0 Å². The Labute approximate surface area is 167 Å². The van der Waals surface area contributed by atoms with Crippen LogP contribution in [0.1, 0.15) is 27.0 Å². The van der Waals surface area contributed by atoms with E-state index in [-0.39, 0.29) is 41.1 Å². The maximum absolute atomic E-state index is 12.4. The van der Waals surface area contributed by atoms with Crippen LogP contribution < -0.4 is 0 Å². The van der Waals surface area contributed by atoms with E-state index in [1.165, 1.54) is 0 Å². The molecule has 0 aromatic heterocycles. The second-order valence-electron chi connectivity index (χ2n) is 5.71. The molecule has 1 aliphatic heterocycles. The molecule has 0 bridgehead atoms. The van der Waals surface area contributed by atoms with Gasteiger partial charge in [0.1, 0.15) is 11.5 Å². The summed E-state index contributed by atoms with van der Waals surface area (Å²) in [5.74, 6) is -0.124. The van der Waals surface area contributed by atoms with Gasteiger partial charge in [0.2, 0.25) is 0 Å². The van der Waals surface area contributed by atoms with Gasteiger partial charge >= 0.3 is 35.5 Å². The second-order valence-corrected chi connectivity index (χ2v) is 5.71. The molecule has 0 saturated carbocycles. The molecular weight excluding hydrogens is 327 g/mol. The molecule has 2 N–H and O–H groups in total. The first-order valence-corrected chi connectivity index (χ1v) is 7.53. The Kier molecular flexibility index (Phi) is 4.60. The Morgan fingerprint density at radius 2 is 1.20 bits per heavy atom. The molecular formula is C20H15NaO4. The number of hydrogen-bond acceptors (Lipinski definition) is 4. The van der Waals surface area contributed by atoms with Crippen LogP contribution in [0.5, 0.6) is 11.5 Å². The molecule has 0 aliphatic carbocycles. The number of esters is 1. The van der Waals surface area contributed by atoms with Crippen molar-refractivity contribution in [1.82, 2.24) is 0 Å². The zero-order valence-corrected chi connectivity index (χ0v) is 12.6. The summed E-state index contributed by atoms with van der Waals surface area (Å²) < 4.78 is 5.87. The normalized spacial score (nSPS) is 14.3. The Morgan fingerprint density at radius 3 is 1.72 bits per heavy atom. The van der Waals surface area contributed by atoms with Crippen LogP contribution in [0.2, 0.25) is 0 Å². The Morgan fingerprint density at radius 1 is 0.720 bits per heavy atom. The van der Waals surface area contributed by atoms with Gasteiger partial charge in [0.05, 0.1) is 5.56 Å². The number of rotatable bonds is 2. The summed E-state index contributed by atoms with van der Waals surface area (Å²) in [5, 5.41) is 19.2. The first-order chi connectivity index (χ1) is 11.6. The molecule has 1 aliphatic rings. The number of phenols is 2. The van der Waals surface area contributed by atoms with Crippen LogP contribution in [-0.2, 0) is 10.3 Å². The van der Waals surface area contributed by atoms with Crippen LogP contribution in [0.3, 0.4) is 0 Å². The molecule has 0 fully saturated rings. The molecule has 0 radical (unpaired) electrons. The van der Waals surface area contributed by atoms with E-state index in [0.29, 0.717) is 5.56 Å². The fraction of sp³-hybridized carbons (Fsp3) is 0.0500. The fourth-order valence-electron chi connectivity index (χ4n) is 3.20. The second kappa shape index (κ2) is 6.56. The van der Waals surface area contributed by atoms with Crippen LogP contribution in [-0.4, -0.2) is 45.7 Å². The summed E-state index contributed by atoms with van der Waals surface area (Å²) in [4.78, 5) is 12.4. The summed E-state index contributed by atoms with van der Waals surface area (Å²) >= 11 is 0. The van der Waals surface area contributed by atoms with Gasteiger partial charge in [-0.2, -0.15) is 0 Å². The van der Waals surface area contributed by atoms with E-state index in [4.69, 9.17) is 4.74 Å². The van der Waals surface area contributed by atoms with Crippen molar-refractivity contribution < 1.29 is 19.7 Å². The summed E-state index contributed by atoms with van der Waals surface area (Å²) in [6.07, 6.45) is 0. The van der Waals surface area contributed by atoms with Gasteiger partial charge in [0.25, 0.3) is 0 Å². The molecule has 3 aromatic rings. The van der Waals surface area contributed by atoms with Crippen molar-refractivity contribution in [2.24, 2.45) is 0 Å². The molecule has 4 rings (SSSR count). The predicted molar refractivity (Wildman–Crippen MR) is 95.1 cm³/mol. The van der Waals surface area contributed by atoms with Crippen molar-refractivity contribution >= 4 is 35.5 Å². The standard InChI is InChI=1S/C20H14O4.Na.H/c21-15-9-5-13(6-10-15)20(14-7-11-16(22)12-8-14)18-4-2-1-3-17(18)19(23)24-20;;/h1-12,21-22H;;. The molecule has 3 aromatic carbocycles. The minimum atomic E-state index is -1.10. The van der Waals surface area contributed by atoms with E-state index in [1.807, 2.05) is 12.1 Å². The van der Waals surface area contributed by atoms with Crippen LogP contribution in [0.25, 0.3) is 0 Å². The zero-order chi connectivity index (χ0) is 16.7. The third kappa shape index (κ3) is 2.72. The van der Waals surface area contributed by atoms with Gasteiger partial charge < -0.3 is 14.9 Å². The molecule has 1 heterocycles. The molecule has 120 valence electrons. The van der Waals surface area contributed by atoms with Crippen molar-refractivity contribution in [3.63, 3.8) is 0 Å². The molecule has 4 nitrogen and oxygen atoms in total. The van der Waals surface area contributed by atoms with Crippen molar-refractivity contribution in [3.05, 3.63) is 95.1 Å². The van der Waals surface area contributed by atoms with Crippen LogP contribution in [0.4, 0.5) is 0 Å². The van der Waals surface area contributed by atoms with Crippen molar-refractivity contribution in [1.29, 1.82) is 0 Å². The van der Waals surface area contributed by atoms with Crippen LogP contribution in [0, 0.1) is 0 Å². The SMILES string of the molecule is O=C1OC(c2ccc(O)cc2)(c2ccc(O)cc2)c2ccccc21.[NaH]. The molecule has 0 unspecified atom stereocenters. The Bertz CT molecular complexity index is 872. The van der Waals surface area contributed by atoms with Gasteiger partial charge in [-0.15, -0.1) is 0 Å². The van der Waals surface area contributed by atoms with Gasteiger partial charge in [-0.05, 0) is 30.3 Å². The van der Waals surface area contributed by atoms with Crippen molar-refractivity contribution in [2.45, 2.75) is 5.60 Å². The van der Waals surface area contributed by atoms with Gasteiger partial charge in [0, 0.05) is 16.7 Å². The van der Waals surface area contributed by atoms with E-state index < -0.39 is 11.6 Å². The number of fused-ring (bicyclic) bond motifs is 1. The summed E-state index contributed by atoms with van der Waals surface area (Å²) in [6.45, 7) is 0. The monoisotopic (exact) mass is 342 g/mol. The summed E-state index contributed by atoms with van der Waals surface area (Å²) in [5.41, 5.74) is 1.60. The number of cyclic esters (lactones) is 1. The van der Waals surface area contributed by atoms with E-state index in [2.05, 4.69) is 0 Å². The molecule has 0 spiro atoms. The number of benzene rings is 3. The molecule has 0 saturated heterocycles. The fourth-order valence-corrected chi connectivity index (χ4v) is 3.20. The first kappa shape index (κ1) is 17.5.